The van der Waals surface area contributed by atoms with Gasteiger partial charge >= 0.3 is 6.09 Å². The molecule has 8 heteroatoms. The van der Waals surface area contributed by atoms with Gasteiger partial charge in [-0.2, -0.15) is 0 Å². The Morgan fingerprint density at radius 3 is 2.11 bits per heavy atom. The second kappa shape index (κ2) is 9.28. The van der Waals surface area contributed by atoms with E-state index in [0.717, 1.165) is 35.7 Å². The van der Waals surface area contributed by atoms with E-state index in [2.05, 4.69) is 56.4 Å². The number of piperazine rings is 1. The van der Waals surface area contributed by atoms with Gasteiger partial charge in [0.05, 0.1) is 11.5 Å². The Hall–Kier alpha value is -2.32. The highest BCUT2D eigenvalue weighted by Crippen LogP contribution is 2.46. The summed E-state index contributed by atoms with van der Waals surface area (Å²) in [6.07, 6.45) is 5.34. The van der Waals surface area contributed by atoms with Crippen LogP contribution in [0.3, 0.4) is 0 Å². The van der Waals surface area contributed by atoms with Crippen LogP contribution in [0.5, 0.6) is 0 Å². The highest BCUT2D eigenvalue weighted by Gasteiger charge is 2.47. The second-order valence-electron chi connectivity index (χ2n) is 12.0. The average Bonchev–Trinajstić information content (AvgIpc) is 3.19. The minimum absolute atomic E-state index is 0.0717. The molecular formula is C27H41N3O4Si. The molecule has 2 fully saturated rings. The molecule has 2 aliphatic rings. The molecule has 1 atom stereocenters. The molecule has 7 nitrogen and oxygen atoms in total. The lowest BCUT2D eigenvalue weighted by molar-refractivity contribution is -0.143. The Kier molecular flexibility index (Phi) is 6.83. The minimum Gasteiger partial charge on any atom is -0.465 e. The minimum atomic E-state index is -2.00. The lowest BCUT2D eigenvalue weighted by atomic mass is 9.72. The molecule has 4 rings (SSSR count). The van der Waals surface area contributed by atoms with Crippen molar-refractivity contribution in [2.75, 3.05) is 26.2 Å². The summed E-state index contributed by atoms with van der Waals surface area (Å²) in [5, 5.41) is 22.5. The lowest BCUT2D eigenvalue weighted by Crippen LogP contribution is -2.54. The van der Waals surface area contributed by atoms with Crippen LogP contribution in [0.1, 0.15) is 64.4 Å². The van der Waals surface area contributed by atoms with E-state index in [1.54, 1.807) is 4.90 Å². The van der Waals surface area contributed by atoms with Gasteiger partial charge in [-0.25, -0.2) is 4.79 Å². The molecule has 1 unspecified atom stereocenters. The normalized spacial score (nSPS) is 20.2. The van der Waals surface area contributed by atoms with E-state index >= 15 is 0 Å². The maximum Gasteiger partial charge on any atom is 0.407 e. The van der Waals surface area contributed by atoms with Crippen LogP contribution in [0.25, 0.3) is 10.9 Å². The highest BCUT2D eigenvalue weighted by atomic mass is 28.3. The average molecular weight is 500 g/mol. The number of para-hydroxylation sites is 1. The first-order chi connectivity index (χ1) is 16.4. The van der Waals surface area contributed by atoms with Gasteiger partial charge in [-0.05, 0) is 29.5 Å². The number of carboxylic acid groups (broad SMARTS) is 1. The summed E-state index contributed by atoms with van der Waals surface area (Å²) in [6.45, 7) is 12.9. The fourth-order valence-corrected chi connectivity index (χ4v) is 7.65. The van der Waals surface area contributed by atoms with E-state index in [1.165, 1.54) is 4.90 Å². The maximum atomic E-state index is 14.2. The topological polar surface area (TPSA) is 86.0 Å². The molecule has 2 aromatic rings. The first-order valence-corrected chi connectivity index (χ1v) is 15.9. The van der Waals surface area contributed by atoms with Gasteiger partial charge in [0.2, 0.25) is 5.91 Å². The van der Waals surface area contributed by atoms with Gasteiger partial charge in [-0.1, -0.05) is 71.3 Å². The van der Waals surface area contributed by atoms with E-state index in [4.69, 9.17) is 0 Å². The van der Waals surface area contributed by atoms with Gasteiger partial charge in [-0.15, -0.1) is 0 Å². The molecule has 1 aliphatic carbocycles. The summed E-state index contributed by atoms with van der Waals surface area (Å²) < 4.78 is 2.42. The third-order valence-electron chi connectivity index (χ3n) is 8.86. The van der Waals surface area contributed by atoms with Crippen LogP contribution in [0, 0.1) is 0 Å². The molecule has 192 valence electrons. The van der Waals surface area contributed by atoms with Gasteiger partial charge in [0.25, 0.3) is 0 Å². The molecule has 1 aromatic carbocycles. The fourth-order valence-electron chi connectivity index (χ4n) is 5.67. The number of carbonyl (C=O) groups excluding carboxylic acids is 1. The standard InChI is InChI=1S/C27H41N3O4Si/c1-26(2,3)35(4,5)30-19-21(20-11-7-8-12-22(20)30)23(27(34)13-9-6-10-14-27)24(31)28-15-17-29(18-16-28)25(32)33/h7-8,11-12,19,23,34H,6,9-10,13-18H2,1-5H3,(H,32,33). The molecule has 2 heterocycles. The first kappa shape index (κ1) is 25.8. The highest BCUT2D eigenvalue weighted by molar-refractivity contribution is 6.79. The van der Waals surface area contributed by atoms with Crippen molar-refractivity contribution < 1.29 is 19.8 Å². The van der Waals surface area contributed by atoms with Crippen LogP contribution in [-0.2, 0) is 4.79 Å². The SMILES string of the molecule is CC(C)(C)[Si](C)(C)n1cc(C(C(=O)N2CCN(C(=O)O)CC2)C2(O)CCCCC2)c2ccccc21. The molecule has 1 saturated carbocycles. The number of benzene rings is 1. The van der Waals surface area contributed by atoms with Crippen molar-refractivity contribution in [3.05, 3.63) is 36.0 Å². The van der Waals surface area contributed by atoms with Crippen LogP contribution in [-0.4, -0.2) is 76.3 Å². The molecule has 0 radical (unpaired) electrons. The van der Waals surface area contributed by atoms with E-state index in [-0.39, 0.29) is 10.9 Å². The third-order valence-corrected chi connectivity index (χ3v) is 14.1. The fraction of sp³-hybridized carbons (Fsp3) is 0.630. The first-order valence-electron chi connectivity index (χ1n) is 13.0. The molecular weight excluding hydrogens is 458 g/mol. The lowest BCUT2D eigenvalue weighted by Gasteiger charge is -2.42. The Bertz CT molecular complexity index is 1090. The van der Waals surface area contributed by atoms with E-state index in [0.29, 0.717) is 39.0 Å². The summed E-state index contributed by atoms with van der Waals surface area (Å²) in [7, 11) is -2.00. The number of aromatic nitrogens is 1. The molecule has 1 aliphatic heterocycles. The van der Waals surface area contributed by atoms with Crippen molar-refractivity contribution in [1.29, 1.82) is 0 Å². The molecule has 1 saturated heterocycles. The zero-order chi connectivity index (χ0) is 25.6. The summed E-state index contributed by atoms with van der Waals surface area (Å²) >= 11 is 0. The van der Waals surface area contributed by atoms with E-state index < -0.39 is 25.8 Å². The number of carbonyl (C=O) groups is 2. The van der Waals surface area contributed by atoms with Crippen molar-refractivity contribution in [3.63, 3.8) is 0 Å². The summed E-state index contributed by atoms with van der Waals surface area (Å²) in [5.41, 5.74) is 0.948. The second-order valence-corrected chi connectivity index (χ2v) is 17.1. The van der Waals surface area contributed by atoms with Crippen LogP contribution in [0.15, 0.2) is 30.5 Å². The van der Waals surface area contributed by atoms with Gasteiger partial charge in [0, 0.05) is 43.3 Å². The van der Waals surface area contributed by atoms with Crippen LogP contribution in [0.4, 0.5) is 4.79 Å². The third kappa shape index (κ3) is 4.62. The number of amides is 2. The van der Waals surface area contributed by atoms with Crippen molar-refractivity contribution in [2.45, 2.75) is 82.5 Å². The zero-order valence-corrected chi connectivity index (χ0v) is 22.9. The van der Waals surface area contributed by atoms with Crippen molar-refractivity contribution in [2.24, 2.45) is 0 Å². The Balaban J connectivity index is 1.83. The van der Waals surface area contributed by atoms with Crippen LogP contribution in [0.2, 0.25) is 18.1 Å². The van der Waals surface area contributed by atoms with Crippen molar-refractivity contribution >= 4 is 31.1 Å². The number of aliphatic hydroxyl groups is 1. The van der Waals surface area contributed by atoms with E-state index in [9.17, 15) is 19.8 Å². The Morgan fingerprint density at radius 1 is 0.971 bits per heavy atom. The molecule has 2 N–H and O–H groups in total. The number of rotatable bonds is 4. The smallest absolute Gasteiger partial charge is 0.407 e. The maximum absolute atomic E-state index is 14.2. The number of hydrogen-bond donors (Lipinski definition) is 2. The monoisotopic (exact) mass is 499 g/mol. The molecule has 35 heavy (non-hydrogen) atoms. The number of fused-ring (bicyclic) bond motifs is 1. The van der Waals surface area contributed by atoms with Crippen LogP contribution >= 0.6 is 0 Å². The van der Waals surface area contributed by atoms with Crippen molar-refractivity contribution in [1.82, 2.24) is 14.0 Å². The number of nitrogens with zero attached hydrogens (tertiary/aromatic N) is 3. The predicted molar refractivity (Wildman–Crippen MR) is 141 cm³/mol. The predicted octanol–water partition coefficient (Wildman–Crippen LogP) is 5.10. The zero-order valence-electron chi connectivity index (χ0n) is 21.9. The largest absolute Gasteiger partial charge is 0.465 e. The molecule has 2 amide bonds. The van der Waals surface area contributed by atoms with Gasteiger partial charge in [-0.3, -0.25) is 4.79 Å². The van der Waals surface area contributed by atoms with Crippen molar-refractivity contribution in [3.8, 4) is 0 Å². The Morgan fingerprint density at radius 2 is 1.54 bits per heavy atom. The quantitative estimate of drug-likeness (QED) is 0.574. The molecule has 0 bridgehead atoms. The molecule has 1 aromatic heterocycles. The molecule has 0 spiro atoms. The van der Waals surface area contributed by atoms with Crippen LogP contribution < -0.4 is 0 Å². The summed E-state index contributed by atoms with van der Waals surface area (Å²) in [6, 6.07) is 8.29. The van der Waals surface area contributed by atoms with Gasteiger partial charge in [0.15, 0.2) is 8.24 Å². The number of hydrogen-bond acceptors (Lipinski definition) is 3. The summed E-state index contributed by atoms with van der Waals surface area (Å²) in [4.78, 5) is 28.7. The summed E-state index contributed by atoms with van der Waals surface area (Å²) in [5.74, 6) is -0.729. The van der Waals surface area contributed by atoms with E-state index in [1.807, 2.05) is 12.1 Å². The Labute approximate surface area is 209 Å². The van der Waals surface area contributed by atoms with Gasteiger partial charge in [0.1, 0.15) is 0 Å². The van der Waals surface area contributed by atoms with Gasteiger partial charge < -0.3 is 24.2 Å².